The number of nitrogens with one attached hydrogen (secondary N) is 1. The van der Waals surface area contributed by atoms with Crippen LogP contribution >= 0.6 is 30.8 Å². The average molecular weight is 2140 g/mol. The van der Waals surface area contributed by atoms with E-state index in [0.29, 0.717) is 91.4 Å². The topological polar surface area (TPSA) is 505 Å². The Hall–Kier alpha value is -7.42. The minimum atomic E-state index is -3.90. The molecule has 16 rings (SSSR count). The van der Waals surface area contributed by atoms with Crippen molar-refractivity contribution in [3.05, 3.63) is 164 Å². The van der Waals surface area contributed by atoms with E-state index in [1.165, 1.54) is 37.8 Å². The molecule has 1 aromatic heterocycles. The molecule has 0 amide bonds. The zero-order valence-corrected chi connectivity index (χ0v) is 92.0. The molecule has 13 fully saturated rings. The summed E-state index contributed by atoms with van der Waals surface area (Å²) in [6.07, 6.45) is 28.1. The minimum Gasteiger partial charge on any atom is -0.508 e. The van der Waals surface area contributed by atoms with E-state index in [1.54, 1.807) is 100 Å². The lowest BCUT2D eigenvalue weighted by molar-refractivity contribution is -0.384. The molecule has 826 valence electrons. The smallest absolute Gasteiger partial charge is 0.356 e. The third-order valence-corrected chi connectivity index (χ3v) is 36.9. The lowest BCUT2D eigenvalue weighted by Gasteiger charge is -2.69. The molecule has 2 spiro atoms. The Morgan fingerprint density at radius 3 is 1.90 bits per heavy atom. The zero-order valence-electron chi connectivity index (χ0n) is 89.6. The average Bonchev–Trinajstić information content (AvgIpc) is 1.39. The van der Waals surface area contributed by atoms with Crippen molar-refractivity contribution in [3.8, 4) is 16.9 Å². The fourth-order valence-electron chi connectivity index (χ4n) is 26.9. The van der Waals surface area contributed by atoms with Gasteiger partial charge in [-0.05, 0) is 246 Å². The molecular weight excluding hydrogens is 1970 g/mol. The van der Waals surface area contributed by atoms with Gasteiger partial charge in [0.1, 0.15) is 40.3 Å². The Kier molecular flexibility index (Phi) is 40.4. The van der Waals surface area contributed by atoms with Gasteiger partial charge < -0.3 is 118 Å². The quantitative estimate of drug-likeness (QED) is 0.00469. The van der Waals surface area contributed by atoms with Crippen LogP contribution in [0.15, 0.2) is 144 Å². The Morgan fingerprint density at radius 2 is 1.35 bits per heavy atom. The van der Waals surface area contributed by atoms with Gasteiger partial charge in [-0.2, -0.15) is 0 Å². The maximum Gasteiger partial charge on any atom is 0.356 e. The van der Waals surface area contributed by atoms with Crippen molar-refractivity contribution in [1.82, 2.24) is 4.98 Å². The van der Waals surface area contributed by atoms with Crippen molar-refractivity contribution in [2.24, 2.45) is 81.3 Å². The molecule has 33 nitrogen and oxygen atoms in total. The molecule has 36 heteroatoms. The number of fused-ring (bicyclic) bond motifs is 5. The first-order valence-corrected chi connectivity index (χ1v) is 54.9. The number of aliphatic hydroxyl groups is 5. The molecule has 0 bridgehead atoms. The molecule has 5 saturated carbocycles. The Labute approximate surface area is 881 Å². The zero-order chi connectivity index (χ0) is 109. The summed E-state index contributed by atoms with van der Waals surface area (Å²) in [5, 5.41) is 103. The number of nitro benzene ring substituents is 1. The summed E-state index contributed by atoms with van der Waals surface area (Å²) >= 11 is 11.7. The second-order valence-corrected chi connectivity index (χ2v) is 47.9. The Bertz CT molecular complexity index is 5340. The van der Waals surface area contributed by atoms with Crippen molar-refractivity contribution in [1.29, 1.82) is 0 Å². The highest BCUT2D eigenvalue weighted by Crippen LogP contribution is 2.75. The maximum atomic E-state index is 12.6. The lowest BCUT2D eigenvalue weighted by Crippen LogP contribution is -2.65. The van der Waals surface area contributed by atoms with Gasteiger partial charge in [0.2, 0.25) is 0 Å². The number of halogens is 2. The molecule has 1 unspecified atom stereocenters. The van der Waals surface area contributed by atoms with Crippen LogP contribution in [0.25, 0.3) is 11.1 Å². The van der Waals surface area contributed by atoms with Crippen LogP contribution < -0.4 is 0 Å². The molecule has 9 heterocycles. The van der Waals surface area contributed by atoms with Crippen LogP contribution in [-0.2, 0) is 85.4 Å². The van der Waals surface area contributed by atoms with Crippen LogP contribution in [0.5, 0.6) is 5.75 Å². The number of esters is 2. The van der Waals surface area contributed by atoms with Gasteiger partial charge in [-0.1, -0.05) is 176 Å². The van der Waals surface area contributed by atoms with E-state index in [-0.39, 0.29) is 146 Å². The summed E-state index contributed by atoms with van der Waals surface area (Å²) in [5.74, 6) is -7.38. The third-order valence-electron chi connectivity index (χ3n) is 35.1. The van der Waals surface area contributed by atoms with Gasteiger partial charge in [-0.25, -0.2) is 14.4 Å². The van der Waals surface area contributed by atoms with E-state index in [2.05, 4.69) is 92.0 Å². The fraction of sp³-hybridized carbons (Fsp3) is 0.688. The number of hydrogen-bond donors (Lipinski definition) is 12. The summed E-state index contributed by atoms with van der Waals surface area (Å²) in [4.78, 5) is 89.3. The maximum absolute atomic E-state index is 12.6. The second kappa shape index (κ2) is 49.6. The van der Waals surface area contributed by atoms with E-state index in [1.807, 2.05) is 46.8 Å². The number of allylic oxidation sites excluding steroid dienone is 9. The number of aliphatic hydroxyl groups excluding tert-OH is 4. The molecule has 35 atom stereocenters. The molecule has 13 aliphatic rings. The number of epoxide rings is 3. The number of aliphatic carboxylic acids is 3. The molecule has 3 aromatic rings. The summed E-state index contributed by atoms with van der Waals surface area (Å²) < 4.78 is 83.7. The van der Waals surface area contributed by atoms with Gasteiger partial charge in [0.05, 0.1) is 119 Å². The summed E-state index contributed by atoms with van der Waals surface area (Å²) in [5.41, 5.74) is 1.90. The van der Waals surface area contributed by atoms with Crippen LogP contribution in [0, 0.1) is 91.5 Å². The summed E-state index contributed by atoms with van der Waals surface area (Å²) in [6, 6.07) is 13.4. The number of carbonyl (C=O) groups excluding carboxylic acids is 2. The van der Waals surface area contributed by atoms with Gasteiger partial charge in [-0.15, -0.1) is 0 Å². The first kappa shape index (κ1) is 121. The predicted octanol–water partition coefficient (Wildman–Crippen LogP) is 19.1. The standard InChI is InChI=1S/C36H62O11.C31H48O6.C26H34O7.C10H6Cl2N2O2.C6H6O.C3H7O4P/c1-10-34(31-20(3)16-26(43-31)28-19(2)15-21(4)36(41,18-37)46-28)12-11-27(44-34)33(8)13-14-35(47-33)17-25(38)22(5)30(45-35)23(6)29(42-9)24(7)32(39)40;1-17(2)9-8-10-20(28(35)36)26-22-15-24(34)27-29(5)13-12-23(33)18(3)21(29)11-14-30(27,6)31(22,7)16-25(26)37-19(4)32;1-18(2)13-14-20-25(3,33-20)24-23(30-4)19(15-16-26(24)17-31-26)32-22(29)12-10-8-6-5-7-9-11-21(27)28;11-8-3-1-2-6(10(8)14(15)16)7-4-13-5-9(7)12;7-6-4-2-1-3-5-6;1-2-3(7-2)8(4,5)6/h19-31,37-38,41H,10-18H2,1-9H3,(H,39,40);9,18,21-25,27,33-34H,8,10-16H2,1-7H3,(H,35,36);5-13,19-20,23-24H,14-17H2,1-4H3,(H,27,28);1-5,13H;1-5,7H;2-3H,1H3,(H2,4,5,6)/b;26-20-;7-5+,8-6+,11-9+,12-10+;;;/t19-,20-,21+,22+,23-,24-,25-,26+,27+,28-,29+,30-,31+,33-,34-,35+,36-;18-,21-,22-,23+,24+,25-,27-,29-,30-,31-;19-,20?,23-,24-,25+,26+;;;2-,3+/m001..0/s1. The number of methoxy groups -OCH3 is 2. The molecule has 148 heavy (non-hydrogen) atoms. The van der Waals surface area contributed by atoms with E-state index >= 15 is 0 Å². The predicted molar refractivity (Wildman–Crippen MR) is 556 cm³/mol. The van der Waals surface area contributed by atoms with E-state index < -0.39 is 114 Å². The van der Waals surface area contributed by atoms with Crippen molar-refractivity contribution in [2.45, 2.75) is 379 Å². The molecule has 12 N–H and O–H groups in total. The number of phenolic OH excluding ortho intramolecular Hbond substituents is 1. The van der Waals surface area contributed by atoms with Gasteiger partial charge in [0, 0.05) is 87.4 Å². The number of para-hydroxylation sites is 2. The lowest BCUT2D eigenvalue weighted by atomic mass is 9.36. The number of hydrogen-bond acceptors (Lipinski definition) is 26. The minimum absolute atomic E-state index is 0.00928. The van der Waals surface area contributed by atoms with Crippen molar-refractivity contribution in [2.75, 3.05) is 27.4 Å². The van der Waals surface area contributed by atoms with E-state index in [0.717, 1.165) is 87.9 Å². The third kappa shape index (κ3) is 27.0. The number of benzene rings is 2. The monoisotopic (exact) mass is 2130 g/mol. The van der Waals surface area contributed by atoms with Crippen LogP contribution in [0.4, 0.5) is 5.69 Å². The Morgan fingerprint density at radius 1 is 0.696 bits per heavy atom. The number of H-pyrrole nitrogens is 1. The number of nitrogens with zero attached hydrogens (tertiary/aromatic N) is 1. The molecular formula is C112H163Cl2N2O31P. The van der Waals surface area contributed by atoms with Crippen LogP contribution in [0.3, 0.4) is 0 Å². The van der Waals surface area contributed by atoms with E-state index in [4.69, 9.17) is 95.3 Å². The number of carboxylic acids is 3. The van der Waals surface area contributed by atoms with Crippen molar-refractivity contribution in [3.63, 3.8) is 0 Å². The van der Waals surface area contributed by atoms with Gasteiger partial charge >= 0.3 is 37.4 Å². The molecule has 8 aliphatic heterocycles. The molecule has 0 radical (unpaired) electrons. The van der Waals surface area contributed by atoms with E-state index in [9.17, 15) is 74.4 Å². The number of carbonyl (C=O) groups is 5. The van der Waals surface area contributed by atoms with Crippen LogP contribution in [0.1, 0.15) is 254 Å². The highest BCUT2D eigenvalue weighted by atomic mass is 35.5. The number of aromatic hydroxyl groups is 1. The van der Waals surface area contributed by atoms with Gasteiger partial charge in [-0.3, -0.25) is 24.3 Å². The highest BCUT2D eigenvalue weighted by molar-refractivity contribution is 7.52. The van der Waals surface area contributed by atoms with Crippen molar-refractivity contribution < 1.29 is 146 Å². The Balaban J connectivity index is 0.000000185. The number of rotatable bonds is 28. The largest absolute Gasteiger partial charge is 0.508 e. The number of nitro groups is 1. The SMILES string of the molecule is CC(=O)O[C@H]1C[C@@]2(C)[C@@H](C[C@@H](O)[C@H]3[C@@]4(C)CC[C@@H](O)[C@@H](C)[C@@H]4CC[C@@]32C)/C1=C(\CCC=C(C)C)C(=O)O.CC[C@@]1([C@@H]2O[C@@H]([C@H]3O[C@@](O)(CO)[C@H](C)C[C@@H]3C)C[C@@H]2C)CC[C@H]([C@]2(C)CC[C@]3(C[C@H](O)[C@@H](C)[C@@H]([C@@H](C)[C@@H](OC)[C@H](C)C(=O)O)O3)O2)O1.CO[C@@H]1[C@H](OC(=O)/C=C/C=C/C=C/C=C/C(=O)O)CC[C@]2(CO2)[C@H]1[C@@]1(C)OC1CC=C(C)C.C[C@@H]1O[C@@H]1P(=O)(O)O.O=[N+]([O-])c1c(Cl)cccc1-c1c[nH]cc1Cl.Oc1ccccc1. The normalized spacial score (nSPS) is 39.2. The van der Waals surface area contributed by atoms with Crippen LogP contribution in [0.2, 0.25) is 10.0 Å². The summed E-state index contributed by atoms with van der Waals surface area (Å²) in [7, 11) is -0.728. The van der Waals surface area contributed by atoms with Crippen LogP contribution in [-0.4, -0.2) is 248 Å². The molecule has 5 aliphatic carbocycles. The van der Waals surface area contributed by atoms with Crippen molar-refractivity contribution >= 4 is 66.3 Å². The highest BCUT2D eigenvalue weighted by Gasteiger charge is 2.74. The molecule has 8 saturated heterocycles. The number of ether oxygens (including phenoxy) is 12. The number of aromatic nitrogens is 1. The van der Waals surface area contributed by atoms with Gasteiger partial charge in [0.25, 0.3) is 5.69 Å². The fourth-order valence-corrected chi connectivity index (χ4v) is 28.3. The number of phenols is 1. The second-order valence-electron chi connectivity index (χ2n) is 45.4. The summed E-state index contributed by atoms with van der Waals surface area (Å²) in [6.45, 7) is 38.6. The number of aromatic amines is 1. The first-order chi connectivity index (χ1) is 69.4. The molecule has 2 aromatic carbocycles. The number of carboxylic acid groups (broad SMARTS) is 3. The first-order valence-electron chi connectivity index (χ1n) is 52.5. The van der Waals surface area contributed by atoms with Gasteiger partial charge in [0.15, 0.2) is 17.4 Å².